The van der Waals surface area contributed by atoms with E-state index in [0.717, 1.165) is 5.56 Å². The van der Waals surface area contributed by atoms with E-state index in [1.807, 2.05) is 26.0 Å². The minimum absolute atomic E-state index is 0.0607. The van der Waals surface area contributed by atoms with E-state index in [0.29, 0.717) is 22.2 Å². The fourth-order valence-corrected chi connectivity index (χ4v) is 2.16. The molecular formula is C20H22ClN3O3. The van der Waals surface area contributed by atoms with Gasteiger partial charge in [-0.3, -0.25) is 9.59 Å². The predicted octanol–water partition coefficient (Wildman–Crippen LogP) is 3.85. The van der Waals surface area contributed by atoms with E-state index in [1.165, 1.54) is 0 Å². The van der Waals surface area contributed by atoms with Gasteiger partial charge in [0.05, 0.1) is 5.71 Å². The Bertz CT molecular complexity index is 833. The highest BCUT2D eigenvalue weighted by Gasteiger charge is 2.08. The summed E-state index contributed by atoms with van der Waals surface area (Å²) in [5, 5.41) is 7.51. The second kappa shape index (κ2) is 9.73. The van der Waals surface area contributed by atoms with Crippen molar-refractivity contribution in [1.29, 1.82) is 0 Å². The van der Waals surface area contributed by atoms with Crippen LogP contribution in [0.3, 0.4) is 0 Å². The molecule has 2 N–H and O–H groups in total. The molecule has 0 unspecified atom stereocenters. The van der Waals surface area contributed by atoms with Crippen molar-refractivity contribution >= 4 is 34.8 Å². The van der Waals surface area contributed by atoms with E-state index in [-0.39, 0.29) is 24.3 Å². The summed E-state index contributed by atoms with van der Waals surface area (Å²) < 4.78 is 5.36. The Hall–Kier alpha value is -2.86. The molecule has 2 rings (SSSR count). The molecule has 27 heavy (non-hydrogen) atoms. The average molecular weight is 388 g/mol. The first-order chi connectivity index (χ1) is 12.8. The van der Waals surface area contributed by atoms with Crippen LogP contribution in [0.15, 0.2) is 53.6 Å². The average Bonchev–Trinajstić information content (AvgIpc) is 2.65. The summed E-state index contributed by atoms with van der Waals surface area (Å²) in [7, 11) is 0. The van der Waals surface area contributed by atoms with Gasteiger partial charge in [0, 0.05) is 16.6 Å². The van der Waals surface area contributed by atoms with Crippen molar-refractivity contribution in [3.05, 3.63) is 59.1 Å². The smallest absolute Gasteiger partial charge is 0.277 e. The minimum Gasteiger partial charge on any atom is -0.484 e. The molecule has 0 spiro atoms. The lowest BCUT2D eigenvalue weighted by Crippen LogP contribution is -2.25. The van der Waals surface area contributed by atoms with Crippen LogP contribution in [0.25, 0.3) is 0 Å². The molecule has 2 amide bonds. The third-order valence-electron chi connectivity index (χ3n) is 3.60. The molecule has 0 aliphatic heterocycles. The van der Waals surface area contributed by atoms with Crippen molar-refractivity contribution in [3.63, 3.8) is 0 Å². The van der Waals surface area contributed by atoms with Crippen molar-refractivity contribution < 1.29 is 14.3 Å². The van der Waals surface area contributed by atoms with Crippen molar-refractivity contribution in [2.75, 3.05) is 11.9 Å². The van der Waals surface area contributed by atoms with E-state index >= 15 is 0 Å². The Labute approximate surface area is 163 Å². The molecule has 6 nitrogen and oxygen atoms in total. The van der Waals surface area contributed by atoms with Gasteiger partial charge in [-0.15, -0.1) is 0 Å². The topological polar surface area (TPSA) is 79.8 Å². The summed E-state index contributed by atoms with van der Waals surface area (Å²) in [4.78, 5) is 23.7. The number of nitrogens with one attached hydrogen (secondary N) is 2. The maximum absolute atomic E-state index is 11.9. The van der Waals surface area contributed by atoms with Gasteiger partial charge in [-0.05, 0) is 48.9 Å². The second-order valence-corrected chi connectivity index (χ2v) is 6.64. The summed E-state index contributed by atoms with van der Waals surface area (Å²) in [6.45, 7) is 5.26. The van der Waals surface area contributed by atoms with Gasteiger partial charge in [0.25, 0.3) is 5.91 Å². The first kappa shape index (κ1) is 20.5. The van der Waals surface area contributed by atoms with Crippen LogP contribution in [0.1, 0.15) is 26.3 Å². The number of benzene rings is 2. The number of hydrogen-bond donors (Lipinski definition) is 2. The first-order valence-electron chi connectivity index (χ1n) is 8.48. The predicted molar refractivity (Wildman–Crippen MR) is 107 cm³/mol. The van der Waals surface area contributed by atoms with Crippen LogP contribution in [0.2, 0.25) is 5.02 Å². The quantitative estimate of drug-likeness (QED) is 0.559. The number of ether oxygens (including phenoxy) is 1. The van der Waals surface area contributed by atoms with Crippen molar-refractivity contribution in [3.8, 4) is 5.75 Å². The molecule has 0 bridgehead atoms. The molecule has 142 valence electrons. The Morgan fingerprint density at radius 1 is 1.15 bits per heavy atom. The number of anilines is 1. The molecule has 0 heterocycles. The number of carbonyl (C=O) groups excluding carboxylic acids is 2. The lowest BCUT2D eigenvalue weighted by molar-refractivity contribution is -0.123. The van der Waals surface area contributed by atoms with Crippen molar-refractivity contribution in [1.82, 2.24) is 5.43 Å². The lowest BCUT2D eigenvalue weighted by atomic mass is 10.1. The Morgan fingerprint density at radius 3 is 2.52 bits per heavy atom. The van der Waals surface area contributed by atoms with Crippen LogP contribution in [0.4, 0.5) is 5.69 Å². The number of rotatable bonds is 7. The monoisotopic (exact) mass is 387 g/mol. The summed E-state index contributed by atoms with van der Waals surface area (Å²) in [6, 6.07) is 14.0. The molecular weight excluding hydrogens is 366 g/mol. The molecule has 7 heteroatoms. The van der Waals surface area contributed by atoms with Gasteiger partial charge < -0.3 is 10.1 Å². The van der Waals surface area contributed by atoms with Crippen LogP contribution < -0.4 is 15.5 Å². The van der Waals surface area contributed by atoms with Gasteiger partial charge in [-0.25, -0.2) is 5.43 Å². The third kappa shape index (κ3) is 6.75. The van der Waals surface area contributed by atoms with Crippen LogP contribution >= 0.6 is 11.6 Å². The lowest BCUT2D eigenvalue weighted by Gasteiger charge is -2.09. The zero-order valence-electron chi connectivity index (χ0n) is 15.5. The van der Waals surface area contributed by atoms with E-state index in [9.17, 15) is 9.59 Å². The number of hydrazone groups is 1. The highest BCUT2D eigenvalue weighted by Crippen LogP contribution is 2.15. The highest BCUT2D eigenvalue weighted by molar-refractivity contribution is 6.30. The normalized spacial score (nSPS) is 11.2. The summed E-state index contributed by atoms with van der Waals surface area (Å²) in [6.07, 6.45) is 0. The molecule has 0 fully saturated rings. The van der Waals surface area contributed by atoms with Crippen molar-refractivity contribution in [2.24, 2.45) is 11.0 Å². The van der Waals surface area contributed by atoms with Crippen molar-refractivity contribution in [2.45, 2.75) is 20.8 Å². The number of hydrogen-bond acceptors (Lipinski definition) is 4. The number of carbonyl (C=O) groups is 2. The minimum atomic E-state index is -0.381. The molecule has 2 aromatic rings. The highest BCUT2D eigenvalue weighted by atomic mass is 35.5. The van der Waals surface area contributed by atoms with E-state index in [1.54, 1.807) is 43.3 Å². The van der Waals surface area contributed by atoms with Gasteiger partial charge in [-0.1, -0.05) is 37.6 Å². The number of halogens is 1. The number of amides is 2. The van der Waals surface area contributed by atoms with Gasteiger partial charge in [-0.2, -0.15) is 5.10 Å². The SMILES string of the molecule is C/C(=N\NC(=O)COc1ccc(Cl)cc1)c1cccc(NC(=O)C(C)C)c1. The Morgan fingerprint density at radius 2 is 1.85 bits per heavy atom. The van der Waals surface area contributed by atoms with Crippen LogP contribution in [0, 0.1) is 5.92 Å². The van der Waals surface area contributed by atoms with Gasteiger partial charge in [0.15, 0.2) is 6.61 Å². The molecule has 0 atom stereocenters. The van der Waals surface area contributed by atoms with E-state index in [4.69, 9.17) is 16.3 Å². The van der Waals surface area contributed by atoms with Gasteiger partial charge >= 0.3 is 0 Å². The standard InChI is InChI=1S/C20H22ClN3O3/c1-13(2)20(26)22-17-6-4-5-15(11-17)14(3)23-24-19(25)12-27-18-9-7-16(21)8-10-18/h4-11,13H,12H2,1-3H3,(H,22,26)(H,24,25)/b23-14+. The zero-order chi connectivity index (χ0) is 19.8. The van der Waals surface area contributed by atoms with E-state index in [2.05, 4.69) is 15.8 Å². The van der Waals surface area contributed by atoms with Gasteiger partial charge in [0.1, 0.15) is 5.75 Å². The second-order valence-electron chi connectivity index (χ2n) is 6.20. The molecule has 0 saturated heterocycles. The third-order valence-corrected chi connectivity index (χ3v) is 3.86. The summed E-state index contributed by atoms with van der Waals surface area (Å²) in [5.41, 5.74) is 4.52. The maximum Gasteiger partial charge on any atom is 0.277 e. The van der Waals surface area contributed by atoms with Crippen LogP contribution in [-0.4, -0.2) is 24.1 Å². The largest absolute Gasteiger partial charge is 0.484 e. The molecule has 2 aromatic carbocycles. The van der Waals surface area contributed by atoms with Gasteiger partial charge in [0.2, 0.25) is 5.91 Å². The fourth-order valence-electron chi connectivity index (χ4n) is 2.03. The molecule has 0 aliphatic rings. The zero-order valence-corrected chi connectivity index (χ0v) is 16.2. The summed E-state index contributed by atoms with van der Waals surface area (Å²) in [5.74, 6) is -0.00449. The molecule has 0 aliphatic carbocycles. The van der Waals surface area contributed by atoms with Crippen LogP contribution in [0.5, 0.6) is 5.75 Å². The number of nitrogens with zero attached hydrogens (tertiary/aromatic N) is 1. The van der Waals surface area contributed by atoms with Crippen LogP contribution in [-0.2, 0) is 9.59 Å². The Kier molecular flexibility index (Phi) is 7.37. The maximum atomic E-state index is 11.9. The Balaban J connectivity index is 1.91. The fraction of sp³-hybridized carbons (Fsp3) is 0.250. The van der Waals surface area contributed by atoms with E-state index < -0.39 is 0 Å². The summed E-state index contributed by atoms with van der Waals surface area (Å²) >= 11 is 5.80. The molecule has 0 aromatic heterocycles. The first-order valence-corrected chi connectivity index (χ1v) is 8.85. The molecule has 0 radical (unpaired) electrons. The molecule has 0 saturated carbocycles.